The van der Waals surface area contributed by atoms with Gasteiger partial charge >= 0.3 is 12.1 Å². The molecule has 0 saturated heterocycles. The Morgan fingerprint density at radius 3 is 2.18 bits per heavy atom. The number of nitrogens with one attached hydrogen (secondary N) is 3. The number of alkyl carbamates (subject to hydrolysis) is 1. The van der Waals surface area contributed by atoms with Gasteiger partial charge in [0.05, 0.1) is 20.2 Å². The van der Waals surface area contributed by atoms with Gasteiger partial charge in [0.1, 0.15) is 12.6 Å². The normalized spacial score (nSPS) is 13.2. The van der Waals surface area contributed by atoms with Gasteiger partial charge < -0.3 is 35.6 Å². The van der Waals surface area contributed by atoms with E-state index in [-0.39, 0.29) is 18.9 Å². The molecule has 188 valence electrons. The fraction of sp³-hybridized carbons (Fsp3) is 0.500. The van der Waals surface area contributed by atoms with Crippen LogP contribution in [0, 0.1) is 5.92 Å². The predicted octanol–water partition coefficient (Wildman–Crippen LogP) is -0.976. The fourth-order valence-electron chi connectivity index (χ4n) is 2.68. The third-order valence-corrected chi connectivity index (χ3v) is 4.48. The summed E-state index contributed by atoms with van der Waals surface area (Å²) in [5.41, 5.74) is 0.776. The molecule has 5 N–H and O–H groups in total. The summed E-state index contributed by atoms with van der Waals surface area (Å²) in [5, 5.41) is 26.0. The van der Waals surface area contributed by atoms with Crippen molar-refractivity contribution in [3.63, 3.8) is 0 Å². The number of hydrogen-bond donors (Lipinski definition) is 5. The van der Waals surface area contributed by atoms with Crippen LogP contribution in [0.5, 0.6) is 0 Å². The summed E-state index contributed by atoms with van der Waals surface area (Å²) in [6.07, 6.45) is -4.68. The van der Waals surface area contributed by atoms with Crippen LogP contribution in [0.15, 0.2) is 30.3 Å². The number of aliphatic hydroxyl groups excluding tert-OH is 2. The van der Waals surface area contributed by atoms with E-state index in [4.69, 9.17) is 4.74 Å². The smallest absolute Gasteiger partial charge is 0.408 e. The van der Waals surface area contributed by atoms with Crippen molar-refractivity contribution in [1.82, 2.24) is 16.0 Å². The minimum Gasteiger partial charge on any atom is -0.467 e. The number of methoxy groups -OCH3 is 1. The molecule has 0 aliphatic heterocycles. The number of rotatable bonds is 13. The first kappa shape index (κ1) is 28.5. The molecule has 1 aromatic rings. The first-order valence-corrected chi connectivity index (χ1v) is 10.5. The van der Waals surface area contributed by atoms with Gasteiger partial charge in [-0.2, -0.15) is 0 Å². The van der Waals surface area contributed by atoms with Gasteiger partial charge in [-0.3, -0.25) is 14.4 Å². The first-order chi connectivity index (χ1) is 16.0. The van der Waals surface area contributed by atoms with Crippen molar-refractivity contribution in [2.24, 2.45) is 5.92 Å². The number of carbonyl (C=O) groups excluding carboxylic acids is 5. The van der Waals surface area contributed by atoms with Crippen LogP contribution in [0.3, 0.4) is 0 Å². The summed E-state index contributed by atoms with van der Waals surface area (Å²) < 4.78 is 9.34. The molecule has 0 heterocycles. The molecule has 0 saturated carbocycles. The van der Waals surface area contributed by atoms with Gasteiger partial charge in [-0.1, -0.05) is 44.2 Å². The third-order valence-electron chi connectivity index (χ3n) is 4.48. The highest BCUT2D eigenvalue weighted by molar-refractivity contribution is 5.94. The van der Waals surface area contributed by atoms with Crippen LogP contribution in [-0.2, 0) is 35.3 Å². The lowest BCUT2D eigenvalue weighted by atomic mass is 10.0. The number of esters is 1. The molecule has 0 bridgehead atoms. The van der Waals surface area contributed by atoms with E-state index in [1.165, 1.54) is 0 Å². The predicted molar refractivity (Wildman–Crippen MR) is 118 cm³/mol. The molecular formula is C22H31N3O9. The standard InChI is InChI=1S/C22H31N3O9/c1-13(2)9-15(25-22(32)34-12-14-7-5-4-6-8-14)20(30)24-11-17(27)23-10-16(26)18(28)19(29)21(31)33-3/h4-8,13,15,18-19,28-29H,9-12H2,1-3H3,(H,23,27)(H,24,30)(H,25,32)/t15-,18-,19+/m0/s1. The van der Waals surface area contributed by atoms with Crippen molar-refractivity contribution in [1.29, 1.82) is 0 Å². The van der Waals surface area contributed by atoms with E-state index < -0.39 is 61.0 Å². The van der Waals surface area contributed by atoms with Gasteiger partial charge in [-0.15, -0.1) is 0 Å². The second kappa shape index (κ2) is 14.6. The molecule has 0 spiro atoms. The van der Waals surface area contributed by atoms with Crippen molar-refractivity contribution in [3.05, 3.63) is 35.9 Å². The molecule has 0 aromatic heterocycles. The maximum Gasteiger partial charge on any atom is 0.408 e. The second-order valence-corrected chi connectivity index (χ2v) is 7.76. The number of ether oxygens (including phenoxy) is 2. The van der Waals surface area contributed by atoms with Crippen molar-refractivity contribution in [2.75, 3.05) is 20.2 Å². The van der Waals surface area contributed by atoms with Gasteiger partial charge in [0, 0.05) is 0 Å². The first-order valence-electron chi connectivity index (χ1n) is 10.5. The zero-order valence-electron chi connectivity index (χ0n) is 19.3. The van der Waals surface area contributed by atoms with Crippen LogP contribution in [0.1, 0.15) is 25.8 Å². The Kier molecular flexibility index (Phi) is 12.2. The number of carbonyl (C=O) groups is 5. The molecule has 12 heteroatoms. The summed E-state index contributed by atoms with van der Waals surface area (Å²) in [4.78, 5) is 59.5. The molecule has 34 heavy (non-hydrogen) atoms. The Morgan fingerprint density at radius 2 is 1.59 bits per heavy atom. The Bertz CT molecular complexity index is 845. The molecule has 3 amide bonds. The molecule has 3 atom stereocenters. The minimum atomic E-state index is -2.08. The van der Waals surface area contributed by atoms with Gasteiger partial charge in [-0.25, -0.2) is 9.59 Å². The largest absolute Gasteiger partial charge is 0.467 e. The van der Waals surface area contributed by atoms with Gasteiger partial charge in [0.15, 0.2) is 18.0 Å². The maximum absolute atomic E-state index is 12.5. The Hall–Kier alpha value is -3.51. The van der Waals surface area contributed by atoms with Crippen LogP contribution in [0.25, 0.3) is 0 Å². The third kappa shape index (κ3) is 10.4. The molecule has 0 unspecified atom stereocenters. The highest BCUT2D eigenvalue weighted by atomic mass is 16.5. The zero-order chi connectivity index (χ0) is 25.7. The lowest BCUT2D eigenvalue weighted by molar-refractivity contribution is -0.160. The molecule has 12 nitrogen and oxygen atoms in total. The van der Waals surface area contributed by atoms with Crippen molar-refractivity contribution in [3.8, 4) is 0 Å². The van der Waals surface area contributed by atoms with E-state index in [0.717, 1.165) is 12.7 Å². The van der Waals surface area contributed by atoms with Crippen molar-refractivity contribution >= 4 is 29.7 Å². The monoisotopic (exact) mass is 481 g/mol. The van der Waals surface area contributed by atoms with Gasteiger partial charge in [-0.05, 0) is 17.9 Å². The average molecular weight is 482 g/mol. The van der Waals surface area contributed by atoms with Crippen LogP contribution >= 0.6 is 0 Å². The molecule has 0 radical (unpaired) electrons. The van der Waals surface area contributed by atoms with Crippen LogP contribution in [-0.4, -0.2) is 78.3 Å². The number of ketones is 1. The molecule has 0 aliphatic carbocycles. The molecular weight excluding hydrogens is 450 g/mol. The van der Waals surface area contributed by atoms with Crippen LogP contribution in [0.2, 0.25) is 0 Å². The van der Waals surface area contributed by atoms with Crippen LogP contribution in [0.4, 0.5) is 4.79 Å². The molecule has 0 fully saturated rings. The highest BCUT2D eigenvalue weighted by Gasteiger charge is 2.31. The van der Waals surface area contributed by atoms with E-state index in [1.807, 2.05) is 19.9 Å². The second-order valence-electron chi connectivity index (χ2n) is 7.76. The Morgan fingerprint density at radius 1 is 0.941 bits per heavy atom. The molecule has 1 rings (SSSR count). The highest BCUT2D eigenvalue weighted by Crippen LogP contribution is 2.06. The Labute approximate surface area is 197 Å². The zero-order valence-corrected chi connectivity index (χ0v) is 19.3. The van der Waals surface area contributed by atoms with E-state index in [0.29, 0.717) is 0 Å². The lowest BCUT2D eigenvalue weighted by Crippen LogP contribution is -2.50. The van der Waals surface area contributed by atoms with Gasteiger partial charge in [0.2, 0.25) is 11.8 Å². The SMILES string of the molecule is COC(=O)[C@H](O)[C@@H](O)C(=O)CNC(=O)CNC(=O)[C@H](CC(C)C)NC(=O)OCc1ccccc1. The van der Waals surface area contributed by atoms with Gasteiger partial charge in [0.25, 0.3) is 0 Å². The van der Waals surface area contributed by atoms with E-state index >= 15 is 0 Å². The van der Waals surface area contributed by atoms with E-state index in [1.54, 1.807) is 24.3 Å². The van der Waals surface area contributed by atoms with E-state index in [2.05, 4.69) is 20.7 Å². The fourth-order valence-corrected chi connectivity index (χ4v) is 2.68. The maximum atomic E-state index is 12.5. The number of amides is 3. The minimum absolute atomic E-state index is 0.0235. The summed E-state index contributed by atoms with van der Waals surface area (Å²) in [6, 6.07) is 8.02. The summed E-state index contributed by atoms with van der Waals surface area (Å²) in [5.74, 6) is -3.59. The number of aliphatic hydroxyl groups is 2. The van der Waals surface area contributed by atoms with Crippen molar-refractivity contribution < 1.29 is 43.7 Å². The quantitative estimate of drug-likeness (QED) is 0.221. The van der Waals surface area contributed by atoms with E-state index in [9.17, 15) is 34.2 Å². The number of benzene rings is 1. The average Bonchev–Trinajstić information content (AvgIpc) is 2.82. The number of hydrogen-bond acceptors (Lipinski definition) is 9. The lowest BCUT2D eigenvalue weighted by Gasteiger charge is -2.20. The topological polar surface area (TPSA) is 180 Å². The summed E-state index contributed by atoms with van der Waals surface area (Å²) in [6.45, 7) is 2.52. The summed E-state index contributed by atoms with van der Waals surface area (Å²) >= 11 is 0. The molecule has 0 aliphatic rings. The Balaban J connectivity index is 2.50. The number of Topliss-reactive ketones (excluding diaryl/α,β-unsaturated/α-hetero) is 1. The van der Waals surface area contributed by atoms with Crippen LogP contribution < -0.4 is 16.0 Å². The molecule has 1 aromatic carbocycles. The van der Waals surface area contributed by atoms with Crippen molar-refractivity contribution in [2.45, 2.75) is 45.1 Å². The summed E-state index contributed by atoms with van der Waals surface area (Å²) in [7, 11) is 0.970.